The van der Waals surface area contributed by atoms with Gasteiger partial charge in [-0.25, -0.2) is 4.98 Å². The summed E-state index contributed by atoms with van der Waals surface area (Å²) in [5.74, 6) is -0.834. The molecular formula is C11H14ClNO2. The van der Waals surface area contributed by atoms with Gasteiger partial charge in [0.05, 0.1) is 5.41 Å². The molecule has 4 heteroatoms. The third-order valence-corrected chi connectivity index (χ3v) is 2.60. The molecule has 1 aromatic heterocycles. The van der Waals surface area contributed by atoms with Gasteiger partial charge in [0.15, 0.2) is 0 Å². The topological polar surface area (TPSA) is 50.2 Å². The van der Waals surface area contributed by atoms with Crippen LogP contribution in [0.4, 0.5) is 0 Å². The Bertz CT molecular complexity index is 388. The van der Waals surface area contributed by atoms with E-state index in [-0.39, 0.29) is 0 Å². The number of hydrogen-bond donors (Lipinski definition) is 1. The van der Waals surface area contributed by atoms with Crippen LogP contribution in [0, 0.1) is 12.3 Å². The minimum Gasteiger partial charge on any atom is -0.481 e. The molecular weight excluding hydrogens is 214 g/mol. The molecule has 0 aliphatic heterocycles. The lowest BCUT2D eigenvalue weighted by molar-refractivity contribution is -0.146. The van der Waals surface area contributed by atoms with E-state index < -0.39 is 11.4 Å². The molecule has 1 rings (SSSR count). The molecule has 0 radical (unpaired) electrons. The smallest absolute Gasteiger partial charge is 0.309 e. The Morgan fingerprint density at radius 1 is 1.53 bits per heavy atom. The average Bonchev–Trinajstić information content (AvgIpc) is 2.09. The second-order valence-corrected chi connectivity index (χ2v) is 4.63. The molecule has 0 unspecified atom stereocenters. The first kappa shape index (κ1) is 12.0. The molecule has 0 aliphatic carbocycles. The molecule has 0 fully saturated rings. The van der Waals surface area contributed by atoms with Crippen LogP contribution in [-0.4, -0.2) is 16.1 Å². The highest BCUT2D eigenvalue weighted by molar-refractivity contribution is 6.30. The van der Waals surface area contributed by atoms with Crippen molar-refractivity contribution in [3.63, 3.8) is 0 Å². The summed E-state index contributed by atoms with van der Waals surface area (Å²) in [5.41, 5.74) is 0.784. The third-order valence-electron chi connectivity index (χ3n) is 2.28. The maximum absolute atomic E-state index is 10.9. The van der Waals surface area contributed by atoms with Crippen LogP contribution in [0.25, 0.3) is 0 Å². The van der Waals surface area contributed by atoms with Gasteiger partial charge in [-0.2, -0.15) is 0 Å². The number of rotatable bonds is 3. The monoisotopic (exact) mass is 227 g/mol. The Balaban J connectivity index is 2.95. The zero-order valence-corrected chi connectivity index (χ0v) is 9.80. The van der Waals surface area contributed by atoms with Crippen molar-refractivity contribution in [3.8, 4) is 0 Å². The summed E-state index contributed by atoms with van der Waals surface area (Å²) in [6.07, 6.45) is 0.383. The van der Waals surface area contributed by atoms with Gasteiger partial charge in [0.2, 0.25) is 0 Å². The van der Waals surface area contributed by atoms with Crippen molar-refractivity contribution in [2.75, 3.05) is 0 Å². The summed E-state index contributed by atoms with van der Waals surface area (Å²) in [6, 6.07) is 3.66. The summed E-state index contributed by atoms with van der Waals surface area (Å²) in [5, 5.41) is 9.38. The summed E-state index contributed by atoms with van der Waals surface area (Å²) >= 11 is 5.94. The van der Waals surface area contributed by atoms with E-state index in [0.29, 0.717) is 11.6 Å². The van der Waals surface area contributed by atoms with Crippen molar-refractivity contribution in [1.29, 1.82) is 0 Å². The molecule has 1 aromatic rings. The highest BCUT2D eigenvalue weighted by Gasteiger charge is 2.28. The Morgan fingerprint density at radius 2 is 2.13 bits per heavy atom. The number of carbonyl (C=O) groups is 1. The number of aromatic nitrogens is 1. The molecule has 0 saturated heterocycles. The van der Waals surface area contributed by atoms with Crippen LogP contribution in [0.3, 0.4) is 0 Å². The predicted octanol–water partition coefficient (Wildman–Crippen LogP) is 2.70. The van der Waals surface area contributed by atoms with Crippen LogP contribution in [0.5, 0.6) is 0 Å². The van der Waals surface area contributed by atoms with Crippen molar-refractivity contribution in [3.05, 3.63) is 28.5 Å². The van der Waals surface area contributed by atoms with E-state index in [4.69, 9.17) is 16.7 Å². The van der Waals surface area contributed by atoms with Gasteiger partial charge in [-0.05, 0) is 38.8 Å². The standard InChI is InChI=1S/C11H14ClNO2/c1-7-4-5-8(9(12)13-7)6-11(2,3)10(14)15/h4-5H,6H2,1-3H3,(H,14,15). The summed E-state index contributed by atoms with van der Waals surface area (Å²) in [7, 11) is 0. The van der Waals surface area contributed by atoms with Gasteiger partial charge < -0.3 is 5.11 Å². The second-order valence-electron chi connectivity index (χ2n) is 4.27. The first-order valence-corrected chi connectivity index (χ1v) is 5.06. The van der Waals surface area contributed by atoms with Crippen molar-refractivity contribution in [2.45, 2.75) is 27.2 Å². The van der Waals surface area contributed by atoms with Gasteiger partial charge in [0, 0.05) is 5.69 Å². The van der Waals surface area contributed by atoms with Gasteiger partial charge in [-0.1, -0.05) is 17.7 Å². The molecule has 0 saturated carbocycles. The zero-order valence-electron chi connectivity index (χ0n) is 9.04. The van der Waals surface area contributed by atoms with E-state index in [9.17, 15) is 4.79 Å². The molecule has 1 heterocycles. The number of aliphatic carboxylic acids is 1. The van der Waals surface area contributed by atoms with E-state index in [1.54, 1.807) is 13.8 Å². The fourth-order valence-electron chi connectivity index (χ4n) is 1.24. The summed E-state index contributed by atoms with van der Waals surface area (Å²) in [4.78, 5) is 15.0. The Morgan fingerprint density at radius 3 is 2.60 bits per heavy atom. The van der Waals surface area contributed by atoms with Gasteiger partial charge in [0.25, 0.3) is 0 Å². The van der Waals surface area contributed by atoms with Crippen LogP contribution >= 0.6 is 11.6 Å². The molecule has 3 nitrogen and oxygen atoms in total. The normalized spacial score (nSPS) is 11.5. The SMILES string of the molecule is Cc1ccc(CC(C)(C)C(=O)O)c(Cl)n1. The number of hydrogen-bond acceptors (Lipinski definition) is 2. The highest BCUT2D eigenvalue weighted by atomic mass is 35.5. The van der Waals surface area contributed by atoms with Crippen LogP contribution in [-0.2, 0) is 11.2 Å². The number of pyridine rings is 1. The second kappa shape index (κ2) is 4.19. The lowest BCUT2D eigenvalue weighted by Gasteiger charge is -2.19. The number of halogens is 1. The van der Waals surface area contributed by atoms with Gasteiger partial charge in [-0.3, -0.25) is 4.79 Å². The van der Waals surface area contributed by atoms with Crippen LogP contribution in [0.1, 0.15) is 25.1 Å². The summed E-state index contributed by atoms with van der Waals surface area (Å²) in [6.45, 7) is 5.19. The number of carboxylic acids is 1. The van der Waals surface area contributed by atoms with Crippen molar-refractivity contribution in [1.82, 2.24) is 4.98 Å². The molecule has 0 amide bonds. The first-order valence-electron chi connectivity index (χ1n) is 4.68. The first-order chi connectivity index (χ1) is 6.83. The van der Waals surface area contributed by atoms with Crippen molar-refractivity contribution < 1.29 is 9.90 Å². The Labute approximate surface area is 94.1 Å². The molecule has 82 valence electrons. The van der Waals surface area contributed by atoms with Gasteiger partial charge >= 0.3 is 5.97 Å². The lowest BCUT2D eigenvalue weighted by atomic mass is 9.86. The number of nitrogens with zero attached hydrogens (tertiary/aromatic N) is 1. The van der Waals surface area contributed by atoms with E-state index in [0.717, 1.165) is 11.3 Å². The fraction of sp³-hybridized carbons (Fsp3) is 0.455. The van der Waals surface area contributed by atoms with Gasteiger partial charge in [0.1, 0.15) is 5.15 Å². The molecule has 0 aromatic carbocycles. The molecule has 0 bridgehead atoms. The maximum Gasteiger partial charge on any atom is 0.309 e. The summed E-state index contributed by atoms with van der Waals surface area (Å²) < 4.78 is 0. The minimum absolute atomic E-state index is 0.383. The van der Waals surface area contributed by atoms with Crippen LogP contribution in [0.15, 0.2) is 12.1 Å². The largest absolute Gasteiger partial charge is 0.481 e. The zero-order chi connectivity index (χ0) is 11.6. The van der Waals surface area contributed by atoms with Crippen LogP contribution in [0.2, 0.25) is 5.15 Å². The number of aryl methyl sites for hydroxylation is 1. The van der Waals surface area contributed by atoms with Crippen molar-refractivity contribution in [2.24, 2.45) is 5.41 Å². The molecule has 15 heavy (non-hydrogen) atoms. The highest BCUT2D eigenvalue weighted by Crippen LogP contribution is 2.25. The predicted molar refractivity (Wildman–Crippen MR) is 59.1 cm³/mol. The Hall–Kier alpha value is -1.09. The molecule has 1 N–H and O–H groups in total. The minimum atomic E-state index is -0.834. The third kappa shape index (κ3) is 2.93. The molecule has 0 spiro atoms. The fourth-order valence-corrected chi connectivity index (χ4v) is 1.50. The lowest BCUT2D eigenvalue weighted by Crippen LogP contribution is -2.26. The van der Waals surface area contributed by atoms with E-state index >= 15 is 0 Å². The average molecular weight is 228 g/mol. The van der Waals surface area contributed by atoms with E-state index in [1.165, 1.54) is 0 Å². The molecule has 0 atom stereocenters. The van der Waals surface area contributed by atoms with Crippen LogP contribution < -0.4 is 0 Å². The Kier molecular flexibility index (Phi) is 3.35. The maximum atomic E-state index is 10.9. The quantitative estimate of drug-likeness (QED) is 0.808. The van der Waals surface area contributed by atoms with E-state index in [1.807, 2.05) is 19.1 Å². The van der Waals surface area contributed by atoms with Gasteiger partial charge in [-0.15, -0.1) is 0 Å². The molecule has 0 aliphatic rings. The van der Waals surface area contributed by atoms with Crippen molar-refractivity contribution >= 4 is 17.6 Å². The number of carboxylic acid groups (broad SMARTS) is 1. The van der Waals surface area contributed by atoms with E-state index in [2.05, 4.69) is 4.98 Å².